The van der Waals surface area contributed by atoms with E-state index in [0.717, 1.165) is 24.3 Å². The van der Waals surface area contributed by atoms with Crippen LogP contribution in [0, 0.1) is 11.8 Å². The van der Waals surface area contributed by atoms with Gasteiger partial charge in [-0.3, -0.25) is 4.79 Å². The molecule has 108 valence electrons. The van der Waals surface area contributed by atoms with Crippen molar-refractivity contribution in [1.29, 1.82) is 0 Å². The molecule has 0 aliphatic carbocycles. The summed E-state index contributed by atoms with van der Waals surface area (Å²) >= 11 is 1.37. The highest BCUT2D eigenvalue weighted by atomic mass is 32.1. The van der Waals surface area contributed by atoms with Gasteiger partial charge >= 0.3 is 0 Å². The number of carbonyl (C=O) groups is 1. The molecule has 1 aliphatic rings. The van der Waals surface area contributed by atoms with Gasteiger partial charge < -0.3 is 15.2 Å². The lowest BCUT2D eigenvalue weighted by Crippen LogP contribution is -2.35. The van der Waals surface area contributed by atoms with E-state index in [4.69, 9.17) is 9.84 Å². The molecule has 0 radical (unpaired) electrons. The summed E-state index contributed by atoms with van der Waals surface area (Å²) in [6.45, 7) is 1.43. The second-order valence-corrected chi connectivity index (χ2v) is 5.72. The Balaban J connectivity index is 1.81. The number of thiophene rings is 1. The average molecular weight is 293 g/mol. The summed E-state index contributed by atoms with van der Waals surface area (Å²) in [7, 11) is 0. The predicted octanol–water partition coefficient (Wildman–Crippen LogP) is 1.78. The average Bonchev–Trinajstić information content (AvgIpc) is 2.95. The molecule has 0 spiro atoms. The fourth-order valence-corrected chi connectivity index (χ4v) is 2.79. The van der Waals surface area contributed by atoms with Crippen molar-refractivity contribution in [2.75, 3.05) is 19.8 Å². The Kier molecular flexibility index (Phi) is 6.06. The summed E-state index contributed by atoms with van der Waals surface area (Å²) in [6, 6.07) is 3.62. The summed E-state index contributed by atoms with van der Waals surface area (Å²) in [4.78, 5) is 13.5. The molecule has 0 saturated carbocycles. The second-order valence-electron chi connectivity index (χ2n) is 4.64. The molecule has 1 aromatic heterocycles. The number of hydrogen-bond acceptors (Lipinski definition) is 4. The quantitative estimate of drug-likeness (QED) is 0.832. The Morgan fingerprint density at radius 3 is 3.15 bits per heavy atom. The van der Waals surface area contributed by atoms with Crippen molar-refractivity contribution in [1.82, 2.24) is 5.32 Å². The van der Waals surface area contributed by atoms with Crippen molar-refractivity contribution < 1.29 is 14.6 Å². The number of amides is 1. The first-order valence-electron chi connectivity index (χ1n) is 6.89. The number of aliphatic hydroxyl groups excluding tert-OH is 1. The number of hydrogen-bond donors (Lipinski definition) is 2. The maximum absolute atomic E-state index is 12.0. The van der Waals surface area contributed by atoms with Crippen molar-refractivity contribution in [2.24, 2.45) is 0 Å². The van der Waals surface area contributed by atoms with Crippen molar-refractivity contribution in [3.63, 3.8) is 0 Å². The molecule has 2 N–H and O–H groups in total. The van der Waals surface area contributed by atoms with Crippen molar-refractivity contribution in [3.8, 4) is 11.8 Å². The molecule has 1 fully saturated rings. The highest BCUT2D eigenvalue weighted by Gasteiger charge is 2.15. The first-order valence-corrected chi connectivity index (χ1v) is 7.70. The third-order valence-corrected chi connectivity index (χ3v) is 4.04. The van der Waals surface area contributed by atoms with Crippen LogP contribution in [0.15, 0.2) is 12.1 Å². The van der Waals surface area contributed by atoms with Gasteiger partial charge in [0, 0.05) is 19.6 Å². The Hall–Kier alpha value is -1.35. The van der Waals surface area contributed by atoms with Gasteiger partial charge in [-0.25, -0.2) is 0 Å². The number of carbonyl (C=O) groups excluding carboxylic acids is 1. The molecule has 1 aliphatic heterocycles. The molecular formula is C15H19NO3S. The summed E-state index contributed by atoms with van der Waals surface area (Å²) in [5, 5.41) is 11.6. The smallest absolute Gasteiger partial charge is 0.261 e. The topological polar surface area (TPSA) is 58.6 Å². The van der Waals surface area contributed by atoms with E-state index in [1.165, 1.54) is 17.8 Å². The number of rotatable bonds is 4. The van der Waals surface area contributed by atoms with E-state index < -0.39 is 0 Å². The van der Waals surface area contributed by atoms with Gasteiger partial charge in [-0.1, -0.05) is 11.8 Å². The zero-order valence-corrected chi connectivity index (χ0v) is 12.2. The molecule has 0 aromatic carbocycles. The van der Waals surface area contributed by atoms with Gasteiger partial charge in [0.2, 0.25) is 0 Å². The normalized spacial score (nSPS) is 18.1. The Morgan fingerprint density at radius 1 is 1.50 bits per heavy atom. The van der Waals surface area contributed by atoms with Gasteiger partial charge in [-0.15, -0.1) is 11.3 Å². The minimum atomic E-state index is -0.0700. The third kappa shape index (κ3) is 4.64. The van der Waals surface area contributed by atoms with Gasteiger partial charge in [0.1, 0.15) is 0 Å². The minimum absolute atomic E-state index is 0.0626. The predicted molar refractivity (Wildman–Crippen MR) is 78.8 cm³/mol. The summed E-state index contributed by atoms with van der Waals surface area (Å²) in [6.07, 6.45) is 3.91. The highest BCUT2D eigenvalue weighted by Crippen LogP contribution is 2.16. The van der Waals surface area contributed by atoms with Crippen LogP contribution in [0.4, 0.5) is 0 Å². The maximum Gasteiger partial charge on any atom is 0.261 e. The lowest BCUT2D eigenvalue weighted by atomic mass is 10.1. The van der Waals surface area contributed by atoms with Gasteiger partial charge in [0.05, 0.1) is 22.5 Å². The molecule has 1 unspecified atom stereocenters. The van der Waals surface area contributed by atoms with Crippen LogP contribution in [0.2, 0.25) is 0 Å². The SMILES string of the molecule is O=C(NCC1CCCCO1)c1ccc(C#CCCO)s1. The molecule has 5 heteroatoms. The molecule has 1 aromatic rings. The molecule has 1 amide bonds. The molecule has 2 heterocycles. The van der Waals surface area contributed by atoms with Crippen molar-refractivity contribution >= 4 is 17.2 Å². The van der Waals surface area contributed by atoms with Crippen LogP contribution in [-0.2, 0) is 4.74 Å². The van der Waals surface area contributed by atoms with Crippen LogP contribution < -0.4 is 5.32 Å². The summed E-state index contributed by atoms with van der Waals surface area (Å²) in [5.74, 6) is 5.71. The molecule has 2 rings (SSSR count). The lowest BCUT2D eigenvalue weighted by Gasteiger charge is -2.22. The Bertz CT molecular complexity index is 495. The number of ether oxygens (including phenoxy) is 1. The zero-order valence-electron chi connectivity index (χ0n) is 11.4. The first-order chi connectivity index (χ1) is 9.79. The number of nitrogens with one attached hydrogen (secondary N) is 1. The summed E-state index contributed by atoms with van der Waals surface area (Å²) in [5.41, 5.74) is 0. The van der Waals surface area contributed by atoms with E-state index in [0.29, 0.717) is 17.8 Å². The first kappa shape index (κ1) is 15.0. The Labute approximate surface area is 123 Å². The van der Waals surface area contributed by atoms with Gasteiger partial charge in [-0.2, -0.15) is 0 Å². The van der Waals surface area contributed by atoms with Gasteiger partial charge in [0.15, 0.2) is 0 Å². The third-order valence-electron chi connectivity index (χ3n) is 3.04. The van der Waals surface area contributed by atoms with E-state index in [1.807, 2.05) is 6.07 Å². The molecular weight excluding hydrogens is 274 g/mol. The van der Waals surface area contributed by atoms with Crippen molar-refractivity contribution in [3.05, 3.63) is 21.9 Å². The monoisotopic (exact) mass is 293 g/mol. The second kappa shape index (κ2) is 8.05. The van der Waals surface area contributed by atoms with E-state index in [9.17, 15) is 4.79 Å². The maximum atomic E-state index is 12.0. The zero-order chi connectivity index (χ0) is 14.2. The van der Waals surface area contributed by atoms with E-state index in [-0.39, 0.29) is 18.6 Å². The van der Waals surface area contributed by atoms with Crippen LogP contribution in [0.25, 0.3) is 0 Å². The van der Waals surface area contributed by atoms with Gasteiger partial charge in [-0.05, 0) is 31.4 Å². The fraction of sp³-hybridized carbons (Fsp3) is 0.533. The van der Waals surface area contributed by atoms with Crippen LogP contribution in [0.5, 0.6) is 0 Å². The lowest BCUT2D eigenvalue weighted by molar-refractivity contribution is 0.0169. The largest absolute Gasteiger partial charge is 0.395 e. The highest BCUT2D eigenvalue weighted by molar-refractivity contribution is 7.14. The van der Waals surface area contributed by atoms with E-state index in [1.54, 1.807) is 6.07 Å². The van der Waals surface area contributed by atoms with E-state index in [2.05, 4.69) is 17.2 Å². The van der Waals surface area contributed by atoms with Gasteiger partial charge in [0.25, 0.3) is 5.91 Å². The van der Waals surface area contributed by atoms with E-state index >= 15 is 0 Å². The Morgan fingerprint density at radius 2 is 2.40 bits per heavy atom. The molecule has 1 saturated heterocycles. The molecule has 0 bridgehead atoms. The molecule has 1 atom stereocenters. The van der Waals surface area contributed by atoms with Crippen LogP contribution in [0.1, 0.15) is 40.2 Å². The minimum Gasteiger partial charge on any atom is -0.395 e. The van der Waals surface area contributed by atoms with Crippen LogP contribution >= 0.6 is 11.3 Å². The fourth-order valence-electron chi connectivity index (χ4n) is 1.99. The van der Waals surface area contributed by atoms with Crippen molar-refractivity contribution in [2.45, 2.75) is 31.8 Å². The van der Waals surface area contributed by atoms with Crippen LogP contribution in [-0.4, -0.2) is 36.9 Å². The van der Waals surface area contributed by atoms with Crippen LogP contribution in [0.3, 0.4) is 0 Å². The molecule has 4 nitrogen and oxygen atoms in total. The molecule has 20 heavy (non-hydrogen) atoms. The number of aliphatic hydroxyl groups is 1. The summed E-state index contributed by atoms with van der Waals surface area (Å²) < 4.78 is 5.58. The standard InChI is InChI=1S/C15H19NO3S/c17-9-3-1-6-13-7-8-14(20-13)15(18)16-11-12-5-2-4-10-19-12/h7-8,12,17H,2-5,9-11H2,(H,16,18).